The molecule has 2 fully saturated rings. The Hall–Kier alpha value is -2.67. The molecular weight excluding hydrogens is 380 g/mol. The van der Waals surface area contributed by atoms with E-state index in [0.717, 1.165) is 43.6 Å². The van der Waals surface area contributed by atoms with Crippen LogP contribution in [0.15, 0.2) is 30.3 Å². The van der Waals surface area contributed by atoms with Crippen molar-refractivity contribution in [1.29, 1.82) is 0 Å². The molecule has 3 heterocycles. The molecule has 4 rings (SSSR count). The molecule has 7 nitrogen and oxygen atoms in total. The van der Waals surface area contributed by atoms with Crippen LogP contribution in [0.4, 0.5) is 0 Å². The van der Waals surface area contributed by atoms with Gasteiger partial charge in [0.2, 0.25) is 0 Å². The van der Waals surface area contributed by atoms with E-state index < -0.39 is 0 Å². The van der Waals surface area contributed by atoms with E-state index in [1.54, 1.807) is 4.68 Å². The van der Waals surface area contributed by atoms with Crippen LogP contribution in [0.3, 0.4) is 0 Å². The van der Waals surface area contributed by atoms with Crippen LogP contribution in [-0.4, -0.2) is 70.8 Å². The Morgan fingerprint density at radius 2 is 1.63 bits per heavy atom. The quantitative estimate of drug-likeness (QED) is 0.776. The summed E-state index contributed by atoms with van der Waals surface area (Å²) >= 11 is 0. The van der Waals surface area contributed by atoms with Gasteiger partial charge in [-0.15, -0.1) is 0 Å². The zero-order valence-electron chi connectivity index (χ0n) is 17.8. The van der Waals surface area contributed by atoms with Gasteiger partial charge in [-0.2, -0.15) is 5.10 Å². The molecule has 7 heteroatoms. The molecule has 0 unspecified atom stereocenters. The third kappa shape index (κ3) is 4.56. The molecule has 2 aromatic rings. The second-order valence-electron chi connectivity index (χ2n) is 8.34. The zero-order valence-corrected chi connectivity index (χ0v) is 17.8. The Kier molecular flexibility index (Phi) is 6.18. The first-order valence-corrected chi connectivity index (χ1v) is 10.8. The SMILES string of the molecule is Cc1cc(C(=O)N2CCC(Cc3ccc(C(=O)N4CCOCC4)cc3)CC2)n(C)n1. The van der Waals surface area contributed by atoms with E-state index in [1.165, 1.54) is 5.56 Å². The maximum Gasteiger partial charge on any atom is 0.272 e. The van der Waals surface area contributed by atoms with Gasteiger partial charge in [0, 0.05) is 38.8 Å². The standard InChI is InChI=1S/C23H30N4O3/c1-17-15-21(25(2)24-17)23(29)26-9-7-19(8-10-26)16-18-3-5-20(6-4-18)22(28)27-11-13-30-14-12-27/h3-6,15,19H,7-14,16H2,1-2H3. The number of ether oxygens (including phenoxy) is 1. The van der Waals surface area contributed by atoms with Crippen molar-refractivity contribution in [2.75, 3.05) is 39.4 Å². The van der Waals surface area contributed by atoms with Crippen LogP contribution in [0.25, 0.3) is 0 Å². The Morgan fingerprint density at radius 3 is 2.23 bits per heavy atom. The third-order valence-electron chi connectivity index (χ3n) is 6.15. The molecule has 2 aliphatic rings. The predicted octanol–water partition coefficient (Wildman–Crippen LogP) is 2.30. The van der Waals surface area contributed by atoms with Crippen LogP contribution in [0.1, 0.15) is 44.9 Å². The van der Waals surface area contributed by atoms with Gasteiger partial charge in [0.25, 0.3) is 11.8 Å². The van der Waals surface area contributed by atoms with Gasteiger partial charge < -0.3 is 14.5 Å². The van der Waals surface area contributed by atoms with Crippen LogP contribution >= 0.6 is 0 Å². The van der Waals surface area contributed by atoms with Gasteiger partial charge in [-0.3, -0.25) is 14.3 Å². The average Bonchev–Trinajstić information content (AvgIpc) is 3.12. The number of likely N-dealkylation sites (tertiary alicyclic amines) is 1. The molecule has 0 N–H and O–H groups in total. The molecule has 1 aromatic carbocycles. The fourth-order valence-corrected chi connectivity index (χ4v) is 4.38. The first-order valence-electron chi connectivity index (χ1n) is 10.8. The number of rotatable bonds is 4. The van der Waals surface area contributed by atoms with Crippen molar-refractivity contribution in [2.45, 2.75) is 26.2 Å². The highest BCUT2D eigenvalue weighted by Crippen LogP contribution is 2.23. The number of piperidine rings is 1. The molecule has 0 bridgehead atoms. The van der Waals surface area contributed by atoms with Gasteiger partial charge in [-0.05, 0) is 55.9 Å². The molecule has 1 aromatic heterocycles. The topological polar surface area (TPSA) is 67.7 Å². The maximum atomic E-state index is 12.8. The van der Waals surface area contributed by atoms with Crippen LogP contribution < -0.4 is 0 Å². The lowest BCUT2D eigenvalue weighted by atomic mass is 9.89. The van der Waals surface area contributed by atoms with E-state index in [1.807, 2.05) is 42.0 Å². The van der Waals surface area contributed by atoms with E-state index in [4.69, 9.17) is 4.74 Å². The molecule has 0 radical (unpaired) electrons. The Bertz CT molecular complexity index is 892. The van der Waals surface area contributed by atoms with Crippen molar-refractivity contribution >= 4 is 11.8 Å². The molecule has 0 spiro atoms. The summed E-state index contributed by atoms with van der Waals surface area (Å²) < 4.78 is 6.99. The molecule has 30 heavy (non-hydrogen) atoms. The van der Waals surface area contributed by atoms with E-state index >= 15 is 0 Å². The minimum Gasteiger partial charge on any atom is -0.378 e. The average molecular weight is 411 g/mol. The summed E-state index contributed by atoms with van der Waals surface area (Å²) in [6.07, 6.45) is 2.98. The Labute approximate surface area is 177 Å². The zero-order chi connectivity index (χ0) is 21.1. The molecule has 0 aliphatic carbocycles. The summed E-state index contributed by atoms with van der Waals surface area (Å²) in [7, 11) is 1.82. The smallest absolute Gasteiger partial charge is 0.272 e. The Morgan fingerprint density at radius 1 is 1.00 bits per heavy atom. The maximum absolute atomic E-state index is 12.8. The normalized spacial score (nSPS) is 17.9. The molecule has 160 valence electrons. The van der Waals surface area contributed by atoms with Crippen LogP contribution in [0.2, 0.25) is 0 Å². The van der Waals surface area contributed by atoms with Gasteiger partial charge in [0.15, 0.2) is 0 Å². The van der Waals surface area contributed by atoms with E-state index in [9.17, 15) is 9.59 Å². The molecule has 0 saturated carbocycles. The molecule has 0 atom stereocenters. The van der Waals surface area contributed by atoms with Crippen molar-refractivity contribution < 1.29 is 14.3 Å². The van der Waals surface area contributed by atoms with Gasteiger partial charge >= 0.3 is 0 Å². The van der Waals surface area contributed by atoms with E-state index in [-0.39, 0.29) is 11.8 Å². The number of benzene rings is 1. The number of hydrogen-bond donors (Lipinski definition) is 0. The molecule has 2 saturated heterocycles. The number of carbonyl (C=O) groups excluding carboxylic acids is 2. The molecular formula is C23H30N4O3. The molecule has 2 amide bonds. The second-order valence-corrected chi connectivity index (χ2v) is 8.34. The summed E-state index contributed by atoms with van der Waals surface area (Å²) in [6.45, 7) is 6.02. The number of aromatic nitrogens is 2. The van der Waals surface area contributed by atoms with E-state index in [0.29, 0.717) is 37.9 Å². The third-order valence-corrected chi connectivity index (χ3v) is 6.15. The lowest BCUT2D eigenvalue weighted by Gasteiger charge is -2.32. The fraction of sp³-hybridized carbons (Fsp3) is 0.522. The van der Waals surface area contributed by atoms with Gasteiger partial charge in [-0.1, -0.05) is 12.1 Å². The van der Waals surface area contributed by atoms with Crippen molar-refractivity contribution in [3.8, 4) is 0 Å². The largest absolute Gasteiger partial charge is 0.378 e. The minimum absolute atomic E-state index is 0.0718. The van der Waals surface area contributed by atoms with Crippen LogP contribution in [0.5, 0.6) is 0 Å². The highest BCUT2D eigenvalue weighted by molar-refractivity contribution is 5.94. The number of nitrogens with zero attached hydrogens (tertiary/aromatic N) is 4. The van der Waals surface area contributed by atoms with Crippen molar-refractivity contribution in [1.82, 2.24) is 19.6 Å². The van der Waals surface area contributed by atoms with Gasteiger partial charge in [0.05, 0.1) is 18.9 Å². The summed E-state index contributed by atoms with van der Waals surface area (Å²) in [5.41, 5.74) is 3.52. The number of carbonyl (C=O) groups is 2. The fourth-order valence-electron chi connectivity index (χ4n) is 4.38. The van der Waals surface area contributed by atoms with Crippen molar-refractivity contribution in [3.63, 3.8) is 0 Å². The van der Waals surface area contributed by atoms with Crippen molar-refractivity contribution in [3.05, 3.63) is 52.8 Å². The first kappa shape index (κ1) is 20.6. The van der Waals surface area contributed by atoms with E-state index in [2.05, 4.69) is 17.2 Å². The molecule has 2 aliphatic heterocycles. The lowest BCUT2D eigenvalue weighted by molar-refractivity contribution is 0.0303. The summed E-state index contributed by atoms with van der Waals surface area (Å²) in [5, 5.41) is 4.28. The first-order chi connectivity index (χ1) is 14.5. The van der Waals surface area contributed by atoms with Gasteiger partial charge in [-0.25, -0.2) is 0 Å². The van der Waals surface area contributed by atoms with Crippen LogP contribution in [0, 0.1) is 12.8 Å². The summed E-state index contributed by atoms with van der Waals surface area (Å²) in [5.74, 6) is 0.715. The monoisotopic (exact) mass is 410 g/mol. The second kappa shape index (κ2) is 9.00. The van der Waals surface area contributed by atoms with Crippen LogP contribution in [-0.2, 0) is 18.2 Å². The summed E-state index contributed by atoms with van der Waals surface area (Å²) in [6, 6.07) is 9.88. The minimum atomic E-state index is 0.0718. The number of morpholine rings is 1. The lowest BCUT2D eigenvalue weighted by Crippen LogP contribution is -2.40. The number of amides is 2. The van der Waals surface area contributed by atoms with Gasteiger partial charge in [0.1, 0.15) is 5.69 Å². The highest BCUT2D eigenvalue weighted by atomic mass is 16.5. The highest BCUT2D eigenvalue weighted by Gasteiger charge is 2.26. The predicted molar refractivity (Wildman–Crippen MR) is 113 cm³/mol. The number of aryl methyl sites for hydroxylation is 2. The van der Waals surface area contributed by atoms with Crippen molar-refractivity contribution in [2.24, 2.45) is 13.0 Å². The summed E-state index contributed by atoms with van der Waals surface area (Å²) in [4.78, 5) is 29.1. The number of hydrogen-bond acceptors (Lipinski definition) is 4. The Balaban J connectivity index is 1.29.